The predicted octanol–water partition coefficient (Wildman–Crippen LogP) is 3.65. The standard InChI is InChI=1S/C21H28N2O2S/c1-18-7-2-3-9-20(18)17-26(24,25)22-14-6-8-19-10-12-21(13-11-19)23-15-4-5-16-23/h2-3,7,9-13,22H,4-6,8,14-17H2,1H3. The second-order valence-electron chi connectivity index (χ2n) is 7.04. The molecule has 0 amide bonds. The minimum atomic E-state index is -3.29. The summed E-state index contributed by atoms with van der Waals surface area (Å²) in [4.78, 5) is 2.42. The van der Waals surface area contributed by atoms with Gasteiger partial charge in [0.15, 0.2) is 0 Å². The third-order valence-corrected chi connectivity index (χ3v) is 6.31. The molecule has 0 atom stereocenters. The SMILES string of the molecule is Cc1ccccc1CS(=O)(=O)NCCCc1ccc(N2CCCC2)cc1. The molecular weight excluding hydrogens is 344 g/mol. The number of rotatable bonds is 8. The Balaban J connectivity index is 1.44. The van der Waals surface area contributed by atoms with E-state index in [0.29, 0.717) is 6.54 Å². The molecule has 0 aromatic heterocycles. The highest BCUT2D eigenvalue weighted by atomic mass is 32.2. The van der Waals surface area contributed by atoms with Crippen LogP contribution in [0.15, 0.2) is 48.5 Å². The van der Waals surface area contributed by atoms with Crippen molar-refractivity contribution in [2.75, 3.05) is 24.5 Å². The number of sulfonamides is 1. The Morgan fingerprint density at radius 2 is 1.69 bits per heavy atom. The number of hydrogen-bond acceptors (Lipinski definition) is 3. The number of anilines is 1. The van der Waals surface area contributed by atoms with E-state index in [1.54, 1.807) is 0 Å². The van der Waals surface area contributed by atoms with E-state index in [1.807, 2.05) is 31.2 Å². The average Bonchev–Trinajstić information content (AvgIpc) is 3.16. The van der Waals surface area contributed by atoms with Gasteiger partial charge in [-0.2, -0.15) is 0 Å². The number of benzene rings is 2. The quantitative estimate of drug-likeness (QED) is 0.720. The van der Waals surface area contributed by atoms with Gasteiger partial charge in [0.05, 0.1) is 5.75 Å². The van der Waals surface area contributed by atoms with Gasteiger partial charge in [0.2, 0.25) is 10.0 Å². The van der Waals surface area contributed by atoms with Crippen LogP contribution in [0.5, 0.6) is 0 Å². The van der Waals surface area contributed by atoms with Gasteiger partial charge in [-0.1, -0.05) is 36.4 Å². The van der Waals surface area contributed by atoms with Crippen LogP contribution < -0.4 is 9.62 Å². The molecule has 26 heavy (non-hydrogen) atoms. The Kier molecular flexibility index (Phi) is 6.33. The van der Waals surface area contributed by atoms with E-state index >= 15 is 0 Å². The van der Waals surface area contributed by atoms with Gasteiger partial charge in [-0.05, 0) is 61.4 Å². The first-order chi connectivity index (χ1) is 12.5. The van der Waals surface area contributed by atoms with Crippen LogP contribution in [0, 0.1) is 6.92 Å². The lowest BCUT2D eigenvalue weighted by atomic mass is 10.1. The largest absolute Gasteiger partial charge is 0.372 e. The highest BCUT2D eigenvalue weighted by molar-refractivity contribution is 7.88. The van der Waals surface area contributed by atoms with Crippen molar-refractivity contribution in [3.8, 4) is 0 Å². The van der Waals surface area contributed by atoms with Crippen molar-refractivity contribution in [2.45, 2.75) is 38.4 Å². The van der Waals surface area contributed by atoms with Crippen molar-refractivity contribution >= 4 is 15.7 Å². The monoisotopic (exact) mass is 372 g/mol. The zero-order chi connectivity index (χ0) is 18.4. The molecule has 0 spiro atoms. The Bertz CT molecular complexity index is 810. The lowest BCUT2D eigenvalue weighted by Crippen LogP contribution is -2.26. The minimum Gasteiger partial charge on any atom is -0.372 e. The Morgan fingerprint density at radius 1 is 1.00 bits per heavy atom. The summed E-state index contributed by atoms with van der Waals surface area (Å²) in [6.07, 6.45) is 4.25. The summed E-state index contributed by atoms with van der Waals surface area (Å²) in [5, 5.41) is 0. The van der Waals surface area contributed by atoms with E-state index < -0.39 is 10.0 Å². The number of nitrogens with one attached hydrogen (secondary N) is 1. The van der Waals surface area contributed by atoms with Gasteiger partial charge in [0.25, 0.3) is 0 Å². The van der Waals surface area contributed by atoms with Crippen LogP contribution in [0.25, 0.3) is 0 Å². The van der Waals surface area contributed by atoms with Gasteiger partial charge in [-0.3, -0.25) is 0 Å². The van der Waals surface area contributed by atoms with Gasteiger partial charge in [0.1, 0.15) is 0 Å². The maximum Gasteiger partial charge on any atom is 0.215 e. The van der Waals surface area contributed by atoms with Crippen molar-refractivity contribution in [2.24, 2.45) is 0 Å². The molecule has 1 aliphatic heterocycles. The molecular formula is C21H28N2O2S. The predicted molar refractivity (Wildman–Crippen MR) is 108 cm³/mol. The molecule has 1 N–H and O–H groups in total. The number of nitrogens with zero attached hydrogens (tertiary/aromatic N) is 1. The van der Waals surface area contributed by atoms with E-state index in [9.17, 15) is 8.42 Å². The highest BCUT2D eigenvalue weighted by Gasteiger charge is 2.13. The Morgan fingerprint density at radius 3 is 2.38 bits per heavy atom. The molecule has 1 aliphatic rings. The summed E-state index contributed by atoms with van der Waals surface area (Å²) in [5.41, 5.74) is 4.42. The van der Waals surface area contributed by atoms with Crippen molar-refractivity contribution < 1.29 is 8.42 Å². The van der Waals surface area contributed by atoms with Crippen LogP contribution in [-0.2, 0) is 22.2 Å². The van der Waals surface area contributed by atoms with Gasteiger partial charge in [0, 0.05) is 25.3 Å². The molecule has 2 aromatic rings. The maximum atomic E-state index is 12.2. The first kappa shape index (κ1) is 18.9. The van der Waals surface area contributed by atoms with Gasteiger partial charge in [-0.25, -0.2) is 13.1 Å². The summed E-state index contributed by atoms with van der Waals surface area (Å²) in [6.45, 7) is 4.72. The molecule has 0 unspecified atom stereocenters. The Labute approximate surface area is 157 Å². The third-order valence-electron chi connectivity index (χ3n) is 4.98. The van der Waals surface area contributed by atoms with E-state index in [-0.39, 0.29) is 5.75 Å². The van der Waals surface area contributed by atoms with E-state index in [1.165, 1.54) is 24.1 Å². The molecule has 0 saturated carbocycles. The zero-order valence-corrected chi connectivity index (χ0v) is 16.3. The number of hydrogen-bond donors (Lipinski definition) is 1. The van der Waals surface area contributed by atoms with Gasteiger partial charge in [-0.15, -0.1) is 0 Å². The van der Waals surface area contributed by atoms with E-state index in [2.05, 4.69) is 33.9 Å². The van der Waals surface area contributed by atoms with Crippen LogP contribution in [0.3, 0.4) is 0 Å². The fraction of sp³-hybridized carbons (Fsp3) is 0.429. The van der Waals surface area contributed by atoms with Gasteiger partial charge >= 0.3 is 0 Å². The molecule has 2 aromatic carbocycles. The minimum absolute atomic E-state index is 0.0458. The van der Waals surface area contributed by atoms with E-state index in [4.69, 9.17) is 0 Å². The normalized spacial score (nSPS) is 14.7. The summed E-state index contributed by atoms with van der Waals surface area (Å²) in [7, 11) is -3.29. The first-order valence-corrected chi connectivity index (χ1v) is 11.0. The molecule has 0 bridgehead atoms. The second kappa shape index (κ2) is 8.69. The molecule has 4 nitrogen and oxygen atoms in total. The van der Waals surface area contributed by atoms with Crippen LogP contribution in [0.4, 0.5) is 5.69 Å². The summed E-state index contributed by atoms with van der Waals surface area (Å²) in [6, 6.07) is 16.3. The van der Waals surface area contributed by atoms with Crippen LogP contribution >= 0.6 is 0 Å². The van der Waals surface area contributed by atoms with Gasteiger partial charge < -0.3 is 4.90 Å². The summed E-state index contributed by atoms with van der Waals surface area (Å²) in [5.74, 6) is 0.0458. The van der Waals surface area contributed by atoms with Crippen molar-refractivity contribution in [1.29, 1.82) is 0 Å². The van der Waals surface area contributed by atoms with Crippen LogP contribution in [0.2, 0.25) is 0 Å². The molecule has 1 saturated heterocycles. The average molecular weight is 373 g/mol. The zero-order valence-electron chi connectivity index (χ0n) is 15.4. The molecule has 1 fully saturated rings. The summed E-state index contributed by atoms with van der Waals surface area (Å²) < 4.78 is 27.2. The Hall–Kier alpha value is -1.85. The smallest absolute Gasteiger partial charge is 0.215 e. The molecule has 3 rings (SSSR count). The second-order valence-corrected chi connectivity index (χ2v) is 8.85. The number of aryl methyl sites for hydroxylation is 2. The van der Waals surface area contributed by atoms with Crippen molar-refractivity contribution in [1.82, 2.24) is 4.72 Å². The van der Waals surface area contributed by atoms with Crippen molar-refractivity contribution in [3.63, 3.8) is 0 Å². The van der Waals surface area contributed by atoms with Crippen LogP contribution in [0.1, 0.15) is 36.0 Å². The molecule has 5 heteroatoms. The maximum absolute atomic E-state index is 12.2. The van der Waals surface area contributed by atoms with Crippen LogP contribution in [-0.4, -0.2) is 28.1 Å². The highest BCUT2D eigenvalue weighted by Crippen LogP contribution is 2.20. The third kappa shape index (κ3) is 5.32. The molecule has 140 valence electrons. The lowest BCUT2D eigenvalue weighted by Gasteiger charge is -2.17. The fourth-order valence-corrected chi connectivity index (χ4v) is 4.69. The summed E-state index contributed by atoms with van der Waals surface area (Å²) >= 11 is 0. The molecule has 0 radical (unpaired) electrons. The first-order valence-electron chi connectivity index (χ1n) is 9.39. The molecule has 0 aliphatic carbocycles. The fourth-order valence-electron chi connectivity index (χ4n) is 3.40. The molecule has 1 heterocycles. The van der Waals surface area contributed by atoms with Crippen molar-refractivity contribution in [3.05, 3.63) is 65.2 Å². The van der Waals surface area contributed by atoms with E-state index in [0.717, 1.165) is 37.1 Å². The lowest BCUT2D eigenvalue weighted by molar-refractivity contribution is 0.578. The topological polar surface area (TPSA) is 49.4 Å².